The van der Waals surface area contributed by atoms with E-state index in [0.29, 0.717) is 23.9 Å². The molecule has 8 heteroatoms. The number of carbonyl (C=O) groups excluding carboxylic acids is 2. The Morgan fingerprint density at radius 2 is 2.00 bits per heavy atom. The van der Waals surface area contributed by atoms with Crippen LogP contribution < -0.4 is 0 Å². The minimum absolute atomic E-state index is 0.0610. The van der Waals surface area contributed by atoms with Gasteiger partial charge in [-0.15, -0.1) is 10.2 Å². The van der Waals surface area contributed by atoms with Gasteiger partial charge >= 0.3 is 0 Å². The Labute approximate surface area is 137 Å². The lowest BCUT2D eigenvalue weighted by Crippen LogP contribution is -2.14. The molecule has 3 rings (SSSR count). The summed E-state index contributed by atoms with van der Waals surface area (Å²) in [6.07, 6.45) is 1.75. The number of azo groups is 1. The van der Waals surface area contributed by atoms with Gasteiger partial charge in [0.15, 0.2) is 0 Å². The van der Waals surface area contributed by atoms with Crippen LogP contribution in [0.25, 0.3) is 10.8 Å². The van der Waals surface area contributed by atoms with Crippen molar-refractivity contribution in [3.05, 3.63) is 23.8 Å². The van der Waals surface area contributed by atoms with Gasteiger partial charge in [-0.05, 0) is 31.0 Å². The number of fused-ring (bicyclic) bond motifs is 1. The van der Waals surface area contributed by atoms with Gasteiger partial charge in [-0.2, -0.15) is 0 Å². The lowest BCUT2D eigenvalue weighted by atomic mass is 10.1. The molecule has 1 fully saturated rings. The maximum atomic E-state index is 11.9. The zero-order valence-corrected chi connectivity index (χ0v) is 13.1. The summed E-state index contributed by atoms with van der Waals surface area (Å²) in [5.41, 5.74) is 0.164. The van der Waals surface area contributed by atoms with Crippen LogP contribution in [0.3, 0.4) is 0 Å². The molecule has 0 bridgehead atoms. The minimum Gasteiger partial charge on any atom is -0.494 e. The molecular formula is C16H17N3O5. The van der Waals surface area contributed by atoms with Gasteiger partial charge in [0.1, 0.15) is 0 Å². The standard InChI is InChI=1S/C16H17N3O5/c1-9(20)17-18-14(21)10-4-5-12-13(7-10)16(23)19(15(12)22)8-11-3-2-6-24-11/h4-5,7,11,22-23H,2-3,6,8H2,1H3. The average Bonchev–Trinajstić information content (AvgIpc) is 3.15. The zero-order chi connectivity index (χ0) is 17.3. The van der Waals surface area contributed by atoms with Crippen molar-refractivity contribution >= 4 is 22.6 Å². The van der Waals surface area contributed by atoms with E-state index in [4.69, 9.17) is 4.74 Å². The summed E-state index contributed by atoms with van der Waals surface area (Å²) in [5, 5.41) is 28.0. The molecule has 1 saturated heterocycles. The highest BCUT2D eigenvalue weighted by atomic mass is 16.5. The summed E-state index contributed by atoms with van der Waals surface area (Å²) in [5.74, 6) is -1.50. The van der Waals surface area contributed by atoms with E-state index in [0.717, 1.165) is 12.8 Å². The predicted octanol–water partition coefficient (Wildman–Crippen LogP) is 2.37. The topological polar surface area (TPSA) is 113 Å². The number of hydrogen-bond acceptors (Lipinski definition) is 5. The Bertz CT molecular complexity index is 834. The molecule has 0 aliphatic carbocycles. The average molecular weight is 331 g/mol. The first-order valence-corrected chi connectivity index (χ1v) is 7.60. The van der Waals surface area contributed by atoms with Crippen LogP contribution in [0.4, 0.5) is 0 Å². The molecule has 2 amide bonds. The maximum absolute atomic E-state index is 11.9. The van der Waals surface area contributed by atoms with Crippen molar-refractivity contribution in [1.29, 1.82) is 0 Å². The van der Waals surface area contributed by atoms with Gasteiger partial charge in [-0.1, -0.05) is 0 Å². The van der Waals surface area contributed by atoms with Crippen molar-refractivity contribution in [2.24, 2.45) is 10.2 Å². The van der Waals surface area contributed by atoms with E-state index in [1.165, 1.54) is 29.7 Å². The van der Waals surface area contributed by atoms with Gasteiger partial charge in [-0.3, -0.25) is 14.2 Å². The molecule has 1 unspecified atom stereocenters. The molecule has 1 aromatic carbocycles. The van der Waals surface area contributed by atoms with Gasteiger partial charge < -0.3 is 14.9 Å². The third kappa shape index (κ3) is 3.00. The maximum Gasteiger partial charge on any atom is 0.295 e. The molecule has 0 spiro atoms. The van der Waals surface area contributed by atoms with E-state index in [9.17, 15) is 19.8 Å². The van der Waals surface area contributed by atoms with E-state index < -0.39 is 11.8 Å². The van der Waals surface area contributed by atoms with Crippen molar-refractivity contribution in [3.63, 3.8) is 0 Å². The molecule has 0 radical (unpaired) electrons. The molecule has 24 heavy (non-hydrogen) atoms. The minimum atomic E-state index is -0.696. The van der Waals surface area contributed by atoms with Gasteiger partial charge in [-0.25, -0.2) is 0 Å². The molecule has 1 atom stereocenters. The number of aromatic hydroxyl groups is 2. The molecule has 1 aliphatic rings. The molecule has 0 saturated carbocycles. The van der Waals surface area contributed by atoms with Gasteiger partial charge in [0.05, 0.1) is 12.6 Å². The fraction of sp³-hybridized carbons (Fsp3) is 0.375. The number of aromatic nitrogens is 1. The Morgan fingerprint density at radius 3 is 2.67 bits per heavy atom. The molecule has 2 aromatic rings. The summed E-state index contributed by atoms with van der Waals surface area (Å²) in [7, 11) is 0. The third-order valence-electron chi connectivity index (χ3n) is 3.95. The molecule has 1 aliphatic heterocycles. The van der Waals surface area contributed by atoms with Crippen molar-refractivity contribution in [2.75, 3.05) is 6.61 Å². The normalized spacial score (nSPS) is 17.8. The largest absolute Gasteiger partial charge is 0.494 e. The summed E-state index contributed by atoms with van der Waals surface area (Å²) in [4.78, 5) is 22.6. The van der Waals surface area contributed by atoms with Crippen molar-refractivity contribution in [2.45, 2.75) is 32.4 Å². The highest BCUT2D eigenvalue weighted by Gasteiger charge is 2.22. The first-order chi connectivity index (χ1) is 11.5. The molecule has 2 heterocycles. The van der Waals surface area contributed by atoms with Crippen molar-refractivity contribution in [3.8, 4) is 11.8 Å². The third-order valence-corrected chi connectivity index (χ3v) is 3.95. The molecular weight excluding hydrogens is 314 g/mol. The quantitative estimate of drug-likeness (QED) is 0.838. The number of ether oxygens (including phenoxy) is 1. The van der Waals surface area contributed by atoms with Crippen LogP contribution in [0.1, 0.15) is 30.1 Å². The second-order valence-corrected chi connectivity index (χ2v) is 5.68. The summed E-state index contributed by atoms with van der Waals surface area (Å²) in [6, 6.07) is 4.39. The summed E-state index contributed by atoms with van der Waals surface area (Å²) >= 11 is 0. The second kappa shape index (κ2) is 6.40. The molecule has 2 N–H and O–H groups in total. The van der Waals surface area contributed by atoms with Crippen LogP contribution in [0.5, 0.6) is 11.8 Å². The zero-order valence-electron chi connectivity index (χ0n) is 13.1. The molecule has 1 aromatic heterocycles. The van der Waals surface area contributed by atoms with Gasteiger partial charge in [0.2, 0.25) is 11.8 Å². The van der Waals surface area contributed by atoms with E-state index in [1.54, 1.807) is 0 Å². The smallest absolute Gasteiger partial charge is 0.295 e. The van der Waals surface area contributed by atoms with Crippen LogP contribution in [-0.4, -0.2) is 39.3 Å². The van der Waals surface area contributed by atoms with Crippen molar-refractivity contribution < 1.29 is 24.5 Å². The van der Waals surface area contributed by atoms with Crippen LogP contribution in [0.2, 0.25) is 0 Å². The van der Waals surface area contributed by atoms with Crippen LogP contribution >= 0.6 is 0 Å². The predicted molar refractivity (Wildman–Crippen MR) is 84.1 cm³/mol. The van der Waals surface area contributed by atoms with Crippen molar-refractivity contribution in [1.82, 2.24) is 4.57 Å². The Morgan fingerprint density at radius 1 is 1.25 bits per heavy atom. The number of amides is 2. The Kier molecular flexibility index (Phi) is 4.30. The lowest BCUT2D eigenvalue weighted by molar-refractivity contribution is -0.116. The molecule has 126 valence electrons. The van der Waals surface area contributed by atoms with E-state index in [-0.39, 0.29) is 23.4 Å². The Hall–Kier alpha value is -2.74. The number of rotatable bonds is 3. The Balaban J connectivity index is 1.96. The highest BCUT2D eigenvalue weighted by Crippen LogP contribution is 2.37. The first-order valence-electron chi connectivity index (χ1n) is 7.60. The highest BCUT2D eigenvalue weighted by molar-refractivity contribution is 6.02. The number of carbonyl (C=O) groups is 2. The number of hydrogen-bond donors (Lipinski definition) is 2. The van der Waals surface area contributed by atoms with Crippen LogP contribution in [0, 0.1) is 0 Å². The van der Waals surface area contributed by atoms with Crippen LogP contribution in [0.15, 0.2) is 28.4 Å². The van der Waals surface area contributed by atoms with E-state index in [2.05, 4.69) is 10.2 Å². The SMILES string of the molecule is CC(=O)N=NC(=O)c1ccc2c(O)n(CC3CCCO3)c(O)c2c1. The van der Waals surface area contributed by atoms with Gasteiger partial charge in [0, 0.05) is 29.9 Å². The fourth-order valence-corrected chi connectivity index (χ4v) is 2.79. The van der Waals surface area contributed by atoms with Crippen LogP contribution in [-0.2, 0) is 16.1 Å². The first kappa shape index (κ1) is 16.1. The number of nitrogens with zero attached hydrogens (tertiary/aromatic N) is 3. The summed E-state index contributed by atoms with van der Waals surface area (Å²) in [6.45, 7) is 2.20. The van der Waals surface area contributed by atoms with E-state index in [1.807, 2.05) is 0 Å². The van der Waals surface area contributed by atoms with Gasteiger partial charge in [0.25, 0.3) is 11.8 Å². The summed E-state index contributed by atoms with van der Waals surface area (Å²) < 4.78 is 6.89. The van der Waals surface area contributed by atoms with E-state index >= 15 is 0 Å². The second-order valence-electron chi connectivity index (χ2n) is 5.68. The fourth-order valence-electron chi connectivity index (χ4n) is 2.79. The monoisotopic (exact) mass is 331 g/mol. The lowest BCUT2D eigenvalue weighted by Gasteiger charge is -2.12. The molecule has 8 nitrogen and oxygen atoms in total. The number of benzene rings is 1.